The van der Waals surface area contributed by atoms with Gasteiger partial charge in [0.1, 0.15) is 5.82 Å². The first kappa shape index (κ1) is 17.1. The molecular formula is C17H21N5O3. The minimum Gasteiger partial charge on any atom is -0.450 e. The van der Waals surface area contributed by atoms with Crippen molar-refractivity contribution in [2.24, 2.45) is 0 Å². The van der Waals surface area contributed by atoms with E-state index in [9.17, 15) is 9.59 Å². The molecule has 1 N–H and O–H groups in total. The number of ether oxygens (including phenoxy) is 1. The number of hydrogen-bond acceptors (Lipinski definition) is 6. The number of aromatic nitrogens is 3. The van der Waals surface area contributed by atoms with Gasteiger partial charge in [-0.3, -0.25) is 14.3 Å². The summed E-state index contributed by atoms with van der Waals surface area (Å²) in [5.74, 6) is 0.619. The number of nitrogens with one attached hydrogen (secondary N) is 1. The van der Waals surface area contributed by atoms with Gasteiger partial charge in [0.15, 0.2) is 0 Å². The highest BCUT2D eigenvalue weighted by molar-refractivity contribution is 5.67. The minimum atomic E-state index is -0.377. The molecule has 0 aromatic carbocycles. The van der Waals surface area contributed by atoms with E-state index in [0.717, 1.165) is 5.56 Å². The Labute approximate surface area is 145 Å². The first-order valence-corrected chi connectivity index (χ1v) is 8.25. The molecule has 2 aromatic heterocycles. The molecule has 132 valence electrons. The molecule has 0 saturated heterocycles. The van der Waals surface area contributed by atoms with E-state index in [1.165, 1.54) is 6.07 Å². The molecule has 8 nitrogen and oxygen atoms in total. The van der Waals surface area contributed by atoms with Crippen LogP contribution in [0.4, 0.5) is 4.79 Å². The van der Waals surface area contributed by atoms with Crippen molar-refractivity contribution in [3.63, 3.8) is 0 Å². The molecule has 3 heterocycles. The largest absolute Gasteiger partial charge is 0.450 e. The van der Waals surface area contributed by atoms with Crippen LogP contribution in [-0.4, -0.2) is 52.3 Å². The molecule has 2 aromatic rings. The van der Waals surface area contributed by atoms with Crippen LogP contribution in [0.5, 0.6) is 0 Å². The molecular weight excluding hydrogens is 322 g/mol. The van der Waals surface area contributed by atoms with Gasteiger partial charge >= 0.3 is 6.09 Å². The Bertz CT molecular complexity index is 806. The average Bonchev–Trinajstić information content (AvgIpc) is 2.82. The molecule has 25 heavy (non-hydrogen) atoms. The summed E-state index contributed by atoms with van der Waals surface area (Å²) in [5.41, 5.74) is 1.29. The first-order valence-electron chi connectivity index (χ1n) is 8.25. The maximum Gasteiger partial charge on any atom is 0.409 e. The van der Waals surface area contributed by atoms with Crippen LogP contribution in [0.25, 0.3) is 11.3 Å². The highest BCUT2D eigenvalue weighted by Crippen LogP contribution is 2.20. The zero-order valence-electron chi connectivity index (χ0n) is 14.3. The predicted octanol–water partition coefficient (Wildman–Crippen LogP) is 1.04. The topological polar surface area (TPSA) is 89.3 Å². The molecule has 1 aliphatic rings. The third-order valence-electron chi connectivity index (χ3n) is 4.20. The number of pyridine rings is 1. The Hall–Kier alpha value is -2.74. The molecule has 8 heteroatoms. The van der Waals surface area contributed by atoms with Crippen LogP contribution in [0.15, 0.2) is 35.4 Å². The van der Waals surface area contributed by atoms with Crippen molar-refractivity contribution in [3.8, 4) is 11.3 Å². The fourth-order valence-corrected chi connectivity index (χ4v) is 2.90. The van der Waals surface area contributed by atoms with Gasteiger partial charge in [0, 0.05) is 43.7 Å². The number of carbonyl (C=O) groups is 1. The van der Waals surface area contributed by atoms with Gasteiger partial charge in [-0.1, -0.05) is 0 Å². The van der Waals surface area contributed by atoms with Gasteiger partial charge in [-0.05, 0) is 26.1 Å². The van der Waals surface area contributed by atoms with Crippen LogP contribution in [0, 0.1) is 0 Å². The summed E-state index contributed by atoms with van der Waals surface area (Å²) in [7, 11) is 1.79. The standard InChI is InChI=1S/C17H21N5O3/c1-3-25-17(24)21-8-9-22-15(23)10-13(12-4-6-19-7-5-12)20-16(22)14(11-21)18-2/h4-7,10,14,18H,3,8-9,11H2,1-2H3. The van der Waals surface area contributed by atoms with Crippen LogP contribution < -0.4 is 10.9 Å². The molecule has 0 spiro atoms. The minimum absolute atomic E-state index is 0.136. The Kier molecular flexibility index (Phi) is 5.08. The summed E-state index contributed by atoms with van der Waals surface area (Å²) in [6.07, 6.45) is 2.95. The van der Waals surface area contributed by atoms with E-state index in [4.69, 9.17) is 9.72 Å². The van der Waals surface area contributed by atoms with E-state index in [-0.39, 0.29) is 17.7 Å². The number of amides is 1. The number of rotatable bonds is 3. The van der Waals surface area contributed by atoms with Crippen molar-refractivity contribution in [1.82, 2.24) is 24.8 Å². The van der Waals surface area contributed by atoms with Crippen LogP contribution in [0.3, 0.4) is 0 Å². The van der Waals surface area contributed by atoms with Crippen molar-refractivity contribution in [2.45, 2.75) is 19.5 Å². The first-order chi connectivity index (χ1) is 12.1. The summed E-state index contributed by atoms with van der Waals surface area (Å²) in [6.45, 7) is 3.26. The van der Waals surface area contributed by atoms with E-state index in [1.54, 1.807) is 35.8 Å². The molecule has 1 aliphatic heterocycles. The van der Waals surface area contributed by atoms with E-state index in [0.29, 0.717) is 37.8 Å². The highest BCUT2D eigenvalue weighted by Gasteiger charge is 2.28. The number of likely N-dealkylation sites (N-methyl/N-ethyl adjacent to an activating group) is 1. The van der Waals surface area contributed by atoms with E-state index in [2.05, 4.69) is 10.3 Å². The monoisotopic (exact) mass is 343 g/mol. The summed E-state index contributed by atoms with van der Waals surface area (Å²) >= 11 is 0. The quantitative estimate of drug-likeness (QED) is 0.896. The molecule has 0 bridgehead atoms. The smallest absolute Gasteiger partial charge is 0.409 e. The molecule has 1 atom stereocenters. The predicted molar refractivity (Wildman–Crippen MR) is 92.1 cm³/mol. The summed E-state index contributed by atoms with van der Waals surface area (Å²) < 4.78 is 6.71. The molecule has 3 rings (SSSR count). The van der Waals surface area contributed by atoms with E-state index >= 15 is 0 Å². The summed E-state index contributed by atoms with van der Waals surface area (Å²) in [6, 6.07) is 4.89. The Balaban J connectivity index is 2.00. The van der Waals surface area contributed by atoms with E-state index in [1.807, 2.05) is 12.1 Å². The van der Waals surface area contributed by atoms with Crippen molar-refractivity contribution in [1.29, 1.82) is 0 Å². The number of nitrogens with zero attached hydrogens (tertiary/aromatic N) is 4. The molecule has 0 aliphatic carbocycles. The molecule has 1 unspecified atom stereocenters. The zero-order chi connectivity index (χ0) is 17.8. The van der Waals surface area contributed by atoms with Gasteiger partial charge < -0.3 is 15.0 Å². The third kappa shape index (κ3) is 3.53. The average molecular weight is 343 g/mol. The fraction of sp³-hybridized carbons (Fsp3) is 0.412. The van der Waals surface area contributed by atoms with E-state index < -0.39 is 0 Å². The maximum atomic E-state index is 12.6. The zero-order valence-corrected chi connectivity index (χ0v) is 14.3. The Morgan fingerprint density at radius 3 is 2.80 bits per heavy atom. The third-order valence-corrected chi connectivity index (χ3v) is 4.20. The lowest BCUT2D eigenvalue weighted by Crippen LogP contribution is -2.38. The van der Waals surface area contributed by atoms with Crippen LogP contribution in [0.2, 0.25) is 0 Å². The highest BCUT2D eigenvalue weighted by atomic mass is 16.6. The number of fused-ring (bicyclic) bond motifs is 1. The molecule has 0 radical (unpaired) electrons. The van der Waals surface area contributed by atoms with Gasteiger partial charge in [-0.25, -0.2) is 9.78 Å². The second-order valence-electron chi connectivity index (χ2n) is 5.71. The molecule has 0 fully saturated rings. The second kappa shape index (κ2) is 7.43. The normalized spacial score (nSPS) is 16.9. The Morgan fingerprint density at radius 2 is 2.12 bits per heavy atom. The molecule has 0 saturated carbocycles. The fourth-order valence-electron chi connectivity index (χ4n) is 2.90. The molecule has 1 amide bonds. The lowest BCUT2D eigenvalue weighted by Gasteiger charge is -2.23. The van der Waals surface area contributed by atoms with Gasteiger partial charge in [0.05, 0.1) is 18.3 Å². The van der Waals surface area contributed by atoms with Crippen LogP contribution in [0.1, 0.15) is 18.8 Å². The lowest BCUT2D eigenvalue weighted by molar-refractivity contribution is 0.104. The van der Waals surface area contributed by atoms with Gasteiger partial charge in [-0.15, -0.1) is 0 Å². The number of carbonyl (C=O) groups excluding carboxylic acids is 1. The van der Waals surface area contributed by atoms with Gasteiger partial charge in [0.2, 0.25) is 0 Å². The summed E-state index contributed by atoms with van der Waals surface area (Å²) in [4.78, 5) is 35.0. The van der Waals surface area contributed by atoms with Crippen molar-refractivity contribution >= 4 is 6.09 Å². The van der Waals surface area contributed by atoms with Crippen molar-refractivity contribution in [2.75, 3.05) is 26.7 Å². The maximum absolute atomic E-state index is 12.6. The van der Waals surface area contributed by atoms with Crippen LogP contribution in [-0.2, 0) is 11.3 Å². The summed E-state index contributed by atoms with van der Waals surface area (Å²) in [5, 5.41) is 3.15. The number of hydrogen-bond donors (Lipinski definition) is 1. The Morgan fingerprint density at radius 1 is 1.36 bits per heavy atom. The SMILES string of the molecule is CCOC(=O)N1CCn2c(nc(-c3ccncc3)cc2=O)C(NC)C1. The van der Waals surface area contributed by atoms with Crippen molar-refractivity contribution < 1.29 is 9.53 Å². The van der Waals surface area contributed by atoms with Crippen molar-refractivity contribution in [3.05, 3.63) is 46.8 Å². The second-order valence-corrected chi connectivity index (χ2v) is 5.71. The van der Waals surface area contributed by atoms with Gasteiger partial charge in [0.25, 0.3) is 5.56 Å². The van der Waals surface area contributed by atoms with Crippen LogP contribution >= 0.6 is 0 Å². The van der Waals surface area contributed by atoms with Gasteiger partial charge in [-0.2, -0.15) is 0 Å². The lowest BCUT2D eigenvalue weighted by atomic mass is 10.1.